The van der Waals surface area contributed by atoms with Crippen LogP contribution >= 0.6 is 11.6 Å². The summed E-state index contributed by atoms with van der Waals surface area (Å²) in [5.41, 5.74) is 2.91. The zero-order valence-corrected chi connectivity index (χ0v) is 9.98. The number of likely N-dealkylation sites (N-methyl/N-ethyl adjacent to an activating group) is 1. The van der Waals surface area contributed by atoms with E-state index in [0.717, 1.165) is 12.5 Å². The Balaban J connectivity index is 2.21. The molecule has 0 spiro atoms. The molecular weight excluding hydrogens is 196 g/mol. The first-order valence-corrected chi connectivity index (χ1v) is 5.81. The van der Waals surface area contributed by atoms with Crippen LogP contribution in [0.2, 0.25) is 0 Å². The molecule has 0 radical (unpaired) electrons. The van der Waals surface area contributed by atoms with Crippen molar-refractivity contribution in [3.05, 3.63) is 11.1 Å². The molecule has 0 amide bonds. The van der Waals surface area contributed by atoms with Gasteiger partial charge in [-0.05, 0) is 51.4 Å². The minimum Gasteiger partial charge on any atom is -0.316 e. The SMILES string of the molecule is CC(=CCl)CN(C)CC1CCCNC1. The molecule has 1 rings (SSSR count). The molecule has 1 fully saturated rings. The van der Waals surface area contributed by atoms with Crippen LogP contribution in [0.15, 0.2) is 11.1 Å². The molecule has 1 saturated heterocycles. The van der Waals surface area contributed by atoms with Crippen LogP contribution in [0.3, 0.4) is 0 Å². The molecule has 1 unspecified atom stereocenters. The van der Waals surface area contributed by atoms with Crippen molar-refractivity contribution in [1.29, 1.82) is 0 Å². The number of hydrogen-bond donors (Lipinski definition) is 1. The zero-order valence-electron chi connectivity index (χ0n) is 9.22. The van der Waals surface area contributed by atoms with Crippen molar-refractivity contribution in [3.8, 4) is 0 Å². The van der Waals surface area contributed by atoms with Crippen molar-refractivity contribution in [2.45, 2.75) is 19.8 Å². The summed E-state index contributed by atoms with van der Waals surface area (Å²) >= 11 is 5.64. The predicted octanol–water partition coefficient (Wildman–Crippen LogP) is 2.06. The van der Waals surface area contributed by atoms with Gasteiger partial charge in [0.2, 0.25) is 0 Å². The van der Waals surface area contributed by atoms with Gasteiger partial charge in [0.05, 0.1) is 0 Å². The maximum absolute atomic E-state index is 5.64. The normalized spacial score (nSPS) is 24.3. The fourth-order valence-electron chi connectivity index (χ4n) is 2.05. The number of nitrogens with one attached hydrogen (secondary N) is 1. The van der Waals surface area contributed by atoms with Gasteiger partial charge < -0.3 is 10.2 Å². The summed E-state index contributed by atoms with van der Waals surface area (Å²) in [6, 6.07) is 0. The third-order valence-corrected chi connectivity index (χ3v) is 3.05. The molecule has 3 heteroatoms. The lowest BCUT2D eigenvalue weighted by Crippen LogP contribution is -2.37. The summed E-state index contributed by atoms with van der Waals surface area (Å²) in [6.07, 6.45) is 2.68. The molecule has 1 aliphatic heterocycles. The fraction of sp³-hybridized carbons (Fsp3) is 0.818. The highest BCUT2D eigenvalue weighted by atomic mass is 35.5. The van der Waals surface area contributed by atoms with E-state index in [1.807, 2.05) is 0 Å². The molecular formula is C11H21ClN2. The molecule has 0 aromatic heterocycles. The van der Waals surface area contributed by atoms with E-state index in [2.05, 4.69) is 24.2 Å². The van der Waals surface area contributed by atoms with E-state index in [1.54, 1.807) is 5.54 Å². The van der Waals surface area contributed by atoms with E-state index < -0.39 is 0 Å². The summed E-state index contributed by atoms with van der Waals surface area (Å²) in [6.45, 7) is 6.60. The highest BCUT2D eigenvalue weighted by Crippen LogP contribution is 2.11. The summed E-state index contributed by atoms with van der Waals surface area (Å²) in [5, 5.41) is 3.44. The first-order chi connectivity index (χ1) is 6.72. The Morgan fingerprint density at radius 1 is 1.64 bits per heavy atom. The second-order valence-corrected chi connectivity index (χ2v) is 4.58. The molecule has 0 saturated carbocycles. The van der Waals surface area contributed by atoms with Gasteiger partial charge in [-0.15, -0.1) is 0 Å². The standard InChI is InChI=1S/C11H21ClN2/c1-10(6-12)8-14(2)9-11-4-3-5-13-7-11/h6,11,13H,3-5,7-9H2,1-2H3. The minimum absolute atomic E-state index is 0.817. The van der Waals surface area contributed by atoms with E-state index in [0.29, 0.717) is 0 Å². The van der Waals surface area contributed by atoms with Gasteiger partial charge in [-0.2, -0.15) is 0 Å². The fourth-order valence-corrected chi connectivity index (χ4v) is 2.11. The van der Waals surface area contributed by atoms with Gasteiger partial charge in [-0.1, -0.05) is 11.6 Å². The number of hydrogen-bond acceptors (Lipinski definition) is 2. The van der Waals surface area contributed by atoms with Crippen molar-refractivity contribution >= 4 is 11.6 Å². The average molecular weight is 217 g/mol. The monoisotopic (exact) mass is 216 g/mol. The van der Waals surface area contributed by atoms with Crippen LogP contribution in [0, 0.1) is 5.92 Å². The largest absolute Gasteiger partial charge is 0.316 e. The van der Waals surface area contributed by atoms with Crippen molar-refractivity contribution in [2.24, 2.45) is 5.92 Å². The molecule has 1 aliphatic rings. The number of piperidine rings is 1. The third-order valence-electron chi connectivity index (χ3n) is 2.67. The van der Waals surface area contributed by atoms with Crippen molar-refractivity contribution in [1.82, 2.24) is 10.2 Å². The number of rotatable bonds is 4. The van der Waals surface area contributed by atoms with Gasteiger partial charge in [0.1, 0.15) is 0 Å². The molecule has 1 atom stereocenters. The van der Waals surface area contributed by atoms with Gasteiger partial charge in [-0.25, -0.2) is 0 Å². The Hall–Kier alpha value is -0.0500. The molecule has 82 valence electrons. The second-order valence-electron chi connectivity index (χ2n) is 4.36. The van der Waals surface area contributed by atoms with Gasteiger partial charge in [0.25, 0.3) is 0 Å². The third kappa shape index (κ3) is 4.45. The molecule has 0 bridgehead atoms. The Bertz CT molecular complexity index is 186. The van der Waals surface area contributed by atoms with E-state index in [4.69, 9.17) is 11.6 Å². The Kier molecular flexibility index (Phi) is 5.53. The van der Waals surface area contributed by atoms with E-state index in [9.17, 15) is 0 Å². The van der Waals surface area contributed by atoms with Crippen LogP contribution in [0.25, 0.3) is 0 Å². The highest BCUT2D eigenvalue weighted by Gasteiger charge is 2.14. The van der Waals surface area contributed by atoms with Crippen LogP contribution in [0.5, 0.6) is 0 Å². The average Bonchev–Trinajstić information content (AvgIpc) is 2.19. The lowest BCUT2D eigenvalue weighted by atomic mass is 9.99. The topological polar surface area (TPSA) is 15.3 Å². The first kappa shape index (κ1) is 12.0. The van der Waals surface area contributed by atoms with Crippen LogP contribution in [-0.4, -0.2) is 38.1 Å². The van der Waals surface area contributed by atoms with Crippen LogP contribution in [-0.2, 0) is 0 Å². The summed E-state index contributed by atoms with van der Waals surface area (Å²) in [7, 11) is 2.17. The van der Waals surface area contributed by atoms with Gasteiger partial charge in [-0.3, -0.25) is 0 Å². The molecule has 0 aromatic rings. The Morgan fingerprint density at radius 2 is 2.43 bits per heavy atom. The number of halogens is 1. The molecule has 2 nitrogen and oxygen atoms in total. The smallest absolute Gasteiger partial charge is 0.0198 e. The zero-order chi connectivity index (χ0) is 10.4. The highest BCUT2D eigenvalue weighted by molar-refractivity contribution is 6.25. The molecule has 1 heterocycles. The van der Waals surface area contributed by atoms with E-state index in [-0.39, 0.29) is 0 Å². The predicted molar refractivity (Wildman–Crippen MR) is 62.7 cm³/mol. The quantitative estimate of drug-likeness (QED) is 0.774. The molecule has 1 N–H and O–H groups in total. The van der Waals surface area contributed by atoms with Crippen molar-refractivity contribution in [2.75, 3.05) is 33.2 Å². The summed E-state index contributed by atoms with van der Waals surface area (Å²) in [4.78, 5) is 2.35. The summed E-state index contributed by atoms with van der Waals surface area (Å²) in [5.74, 6) is 0.817. The number of nitrogens with zero attached hydrogens (tertiary/aromatic N) is 1. The minimum atomic E-state index is 0.817. The van der Waals surface area contributed by atoms with Crippen molar-refractivity contribution in [3.63, 3.8) is 0 Å². The summed E-state index contributed by atoms with van der Waals surface area (Å²) < 4.78 is 0. The van der Waals surface area contributed by atoms with Crippen LogP contribution in [0.1, 0.15) is 19.8 Å². The lowest BCUT2D eigenvalue weighted by molar-refractivity contribution is 0.256. The maximum Gasteiger partial charge on any atom is 0.0198 e. The maximum atomic E-state index is 5.64. The van der Waals surface area contributed by atoms with E-state index in [1.165, 1.54) is 38.0 Å². The van der Waals surface area contributed by atoms with Crippen LogP contribution < -0.4 is 5.32 Å². The molecule has 14 heavy (non-hydrogen) atoms. The van der Waals surface area contributed by atoms with Gasteiger partial charge >= 0.3 is 0 Å². The Morgan fingerprint density at radius 3 is 3.00 bits per heavy atom. The van der Waals surface area contributed by atoms with Crippen LogP contribution in [0.4, 0.5) is 0 Å². The van der Waals surface area contributed by atoms with Gasteiger partial charge in [0.15, 0.2) is 0 Å². The molecule has 0 aliphatic carbocycles. The molecule has 0 aromatic carbocycles. The van der Waals surface area contributed by atoms with E-state index >= 15 is 0 Å². The van der Waals surface area contributed by atoms with Gasteiger partial charge in [0, 0.05) is 18.6 Å². The lowest BCUT2D eigenvalue weighted by Gasteiger charge is -2.27. The Labute approximate surface area is 92.3 Å². The first-order valence-electron chi connectivity index (χ1n) is 5.37. The second kappa shape index (κ2) is 6.44. The van der Waals surface area contributed by atoms with Crippen molar-refractivity contribution < 1.29 is 0 Å².